The van der Waals surface area contributed by atoms with Crippen LogP contribution < -0.4 is 4.90 Å². The minimum Gasteiger partial charge on any atom is -0.456 e. The van der Waals surface area contributed by atoms with E-state index in [0.717, 1.165) is 16.2 Å². The monoisotopic (exact) mass is 410 g/mol. The second kappa shape index (κ2) is 7.51. The molecular weight excluding hydrogens is 388 g/mol. The number of likely N-dealkylation sites (N-methyl/N-ethyl adjacent to an activating group) is 1. The van der Waals surface area contributed by atoms with Crippen LogP contribution in [0.2, 0.25) is 0 Å². The zero-order valence-electron chi connectivity index (χ0n) is 16.8. The lowest BCUT2D eigenvalue weighted by molar-refractivity contribution is -0.157. The van der Waals surface area contributed by atoms with Crippen molar-refractivity contribution >= 4 is 35.2 Å². The van der Waals surface area contributed by atoms with E-state index in [1.54, 1.807) is 25.2 Å². The number of amides is 3. The SMILES string of the molecule is C[C@@H](C(=O)OCC(=O)c1ccc2c(c1)CC(=O)N2C)N1C(=O)[C@H]2CC=CC[C@H]2C1=O. The zero-order chi connectivity index (χ0) is 21.6. The number of ether oxygens (including phenoxy) is 1. The van der Waals surface area contributed by atoms with Crippen molar-refractivity contribution in [2.75, 3.05) is 18.6 Å². The van der Waals surface area contributed by atoms with Gasteiger partial charge in [0.25, 0.3) is 0 Å². The first kappa shape index (κ1) is 20.0. The summed E-state index contributed by atoms with van der Waals surface area (Å²) < 4.78 is 5.12. The van der Waals surface area contributed by atoms with E-state index in [1.807, 2.05) is 12.2 Å². The number of fused-ring (bicyclic) bond motifs is 2. The number of likely N-dealkylation sites (tertiary alicyclic amines) is 1. The first-order valence-corrected chi connectivity index (χ1v) is 9.90. The number of Topliss-reactive ketones (excluding diaryl/α,β-unsaturated/α-hetero) is 1. The molecule has 0 saturated carbocycles. The summed E-state index contributed by atoms with van der Waals surface area (Å²) in [6.07, 6.45) is 4.95. The number of anilines is 1. The Morgan fingerprint density at radius 3 is 2.37 bits per heavy atom. The summed E-state index contributed by atoms with van der Waals surface area (Å²) in [5.74, 6) is -2.84. The number of nitrogens with zero attached hydrogens (tertiary/aromatic N) is 2. The second-order valence-electron chi connectivity index (χ2n) is 7.88. The van der Waals surface area contributed by atoms with Crippen molar-refractivity contribution in [2.24, 2.45) is 11.8 Å². The van der Waals surface area contributed by atoms with Crippen LogP contribution in [0.25, 0.3) is 0 Å². The molecule has 8 nitrogen and oxygen atoms in total. The lowest BCUT2D eigenvalue weighted by atomic mass is 9.85. The molecule has 3 amide bonds. The predicted octanol–water partition coefficient (Wildman–Crippen LogP) is 1.27. The molecule has 0 radical (unpaired) electrons. The minimum atomic E-state index is -1.09. The van der Waals surface area contributed by atoms with Gasteiger partial charge in [0.2, 0.25) is 17.7 Å². The van der Waals surface area contributed by atoms with Crippen LogP contribution in [0.15, 0.2) is 30.4 Å². The summed E-state index contributed by atoms with van der Waals surface area (Å²) in [7, 11) is 1.67. The van der Waals surface area contributed by atoms with Crippen LogP contribution in [0.4, 0.5) is 5.69 Å². The quantitative estimate of drug-likeness (QED) is 0.314. The average molecular weight is 410 g/mol. The first-order valence-electron chi connectivity index (χ1n) is 9.90. The minimum absolute atomic E-state index is 0.0504. The van der Waals surface area contributed by atoms with Gasteiger partial charge in [-0.3, -0.25) is 24.1 Å². The van der Waals surface area contributed by atoms with Crippen molar-refractivity contribution in [2.45, 2.75) is 32.2 Å². The van der Waals surface area contributed by atoms with Crippen LogP contribution in [-0.2, 0) is 30.3 Å². The lowest BCUT2D eigenvalue weighted by Gasteiger charge is -2.21. The van der Waals surface area contributed by atoms with Gasteiger partial charge < -0.3 is 9.64 Å². The van der Waals surface area contributed by atoms with Gasteiger partial charge in [-0.1, -0.05) is 12.2 Å². The van der Waals surface area contributed by atoms with Crippen molar-refractivity contribution in [1.82, 2.24) is 4.90 Å². The number of hydrogen-bond acceptors (Lipinski definition) is 6. The molecule has 0 aromatic heterocycles. The molecule has 2 heterocycles. The van der Waals surface area contributed by atoms with E-state index >= 15 is 0 Å². The molecule has 1 saturated heterocycles. The Morgan fingerprint density at radius 1 is 1.10 bits per heavy atom. The molecule has 1 aromatic rings. The highest BCUT2D eigenvalue weighted by Gasteiger charge is 2.50. The molecule has 4 rings (SSSR count). The molecule has 1 aromatic carbocycles. The zero-order valence-corrected chi connectivity index (χ0v) is 16.8. The largest absolute Gasteiger partial charge is 0.456 e. The number of rotatable bonds is 5. The number of carbonyl (C=O) groups excluding carboxylic acids is 5. The highest BCUT2D eigenvalue weighted by molar-refractivity contribution is 6.08. The Morgan fingerprint density at radius 2 is 1.73 bits per heavy atom. The predicted molar refractivity (Wildman–Crippen MR) is 106 cm³/mol. The summed E-state index contributed by atoms with van der Waals surface area (Å²) in [6, 6.07) is 3.81. The van der Waals surface area contributed by atoms with Gasteiger partial charge in [-0.05, 0) is 43.5 Å². The van der Waals surface area contributed by atoms with Crippen LogP contribution in [0.5, 0.6) is 0 Å². The number of ketones is 1. The van der Waals surface area contributed by atoms with Crippen LogP contribution in [0, 0.1) is 11.8 Å². The number of esters is 1. The number of allylic oxidation sites excluding steroid dienone is 2. The normalized spacial score (nSPS) is 23.5. The van der Waals surface area contributed by atoms with Crippen molar-refractivity contribution in [3.05, 3.63) is 41.5 Å². The van der Waals surface area contributed by atoms with E-state index in [9.17, 15) is 24.0 Å². The summed E-state index contributed by atoms with van der Waals surface area (Å²) in [5, 5.41) is 0. The van der Waals surface area contributed by atoms with Crippen molar-refractivity contribution in [3.63, 3.8) is 0 Å². The second-order valence-corrected chi connectivity index (χ2v) is 7.88. The highest BCUT2D eigenvalue weighted by atomic mass is 16.5. The number of benzene rings is 1. The highest BCUT2D eigenvalue weighted by Crippen LogP contribution is 2.36. The number of hydrogen-bond donors (Lipinski definition) is 0. The number of imide groups is 1. The van der Waals surface area contributed by atoms with Crippen molar-refractivity contribution in [3.8, 4) is 0 Å². The van der Waals surface area contributed by atoms with E-state index in [-0.39, 0.29) is 24.1 Å². The Hall–Kier alpha value is -3.29. The summed E-state index contributed by atoms with van der Waals surface area (Å²) >= 11 is 0. The fourth-order valence-electron chi connectivity index (χ4n) is 4.30. The van der Waals surface area contributed by atoms with Crippen molar-refractivity contribution < 1.29 is 28.7 Å². The standard InChI is InChI=1S/C22H22N2O6/c1-12(24-20(27)15-5-3-4-6-16(15)21(24)28)22(29)30-11-18(25)13-7-8-17-14(9-13)10-19(26)23(17)2/h3-4,7-9,12,15-16H,5-6,10-11H2,1-2H3/t12-,15-,16+/m0/s1. The molecule has 30 heavy (non-hydrogen) atoms. The Bertz CT molecular complexity index is 971. The molecule has 156 valence electrons. The van der Waals surface area contributed by atoms with E-state index in [0.29, 0.717) is 18.4 Å². The van der Waals surface area contributed by atoms with Crippen LogP contribution in [0.1, 0.15) is 35.7 Å². The maximum atomic E-state index is 12.6. The smallest absolute Gasteiger partial charge is 0.329 e. The molecule has 3 atom stereocenters. The first-order chi connectivity index (χ1) is 14.3. The molecule has 0 spiro atoms. The summed E-state index contributed by atoms with van der Waals surface area (Å²) in [6.45, 7) is 0.931. The van der Waals surface area contributed by atoms with Gasteiger partial charge in [0, 0.05) is 18.3 Å². The lowest BCUT2D eigenvalue weighted by Crippen LogP contribution is -2.44. The Kier molecular flexibility index (Phi) is 5.01. The third-order valence-corrected chi connectivity index (χ3v) is 6.09. The molecule has 2 aliphatic heterocycles. The van der Waals surface area contributed by atoms with Gasteiger partial charge >= 0.3 is 5.97 Å². The molecule has 8 heteroatoms. The molecule has 0 unspecified atom stereocenters. The van der Waals surface area contributed by atoms with E-state index in [2.05, 4.69) is 0 Å². The van der Waals surface area contributed by atoms with Gasteiger partial charge in [-0.2, -0.15) is 0 Å². The Labute approximate surface area is 173 Å². The fraction of sp³-hybridized carbons (Fsp3) is 0.409. The van der Waals surface area contributed by atoms with E-state index in [1.165, 1.54) is 11.8 Å². The van der Waals surface area contributed by atoms with Gasteiger partial charge in [0.1, 0.15) is 6.04 Å². The molecular formula is C22H22N2O6. The number of carbonyl (C=O) groups is 5. The van der Waals surface area contributed by atoms with Crippen LogP contribution in [0.3, 0.4) is 0 Å². The maximum Gasteiger partial charge on any atom is 0.329 e. The molecule has 0 N–H and O–H groups in total. The fourth-order valence-corrected chi connectivity index (χ4v) is 4.30. The summed E-state index contributed by atoms with van der Waals surface area (Å²) in [5.41, 5.74) is 1.84. The molecule has 1 fully saturated rings. The molecule has 1 aliphatic carbocycles. The average Bonchev–Trinajstić information content (AvgIpc) is 3.18. The van der Waals surface area contributed by atoms with Gasteiger partial charge in [-0.15, -0.1) is 0 Å². The van der Waals surface area contributed by atoms with Crippen molar-refractivity contribution in [1.29, 1.82) is 0 Å². The van der Waals surface area contributed by atoms with Gasteiger partial charge in [-0.25, -0.2) is 4.79 Å². The topological polar surface area (TPSA) is 101 Å². The van der Waals surface area contributed by atoms with E-state index in [4.69, 9.17) is 4.74 Å². The maximum absolute atomic E-state index is 12.6. The third-order valence-electron chi connectivity index (χ3n) is 6.09. The Balaban J connectivity index is 1.38. The van der Waals surface area contributed by atoms with Gasteiger partial charge in [0.15, 0.2) is 12.4 Å². The summed E-state index contributed by atoms with van der Waals surface area (Å²) in [4.78, 5) is 64.4. The van der Waals surface area contributed by atoms with E-state index < -0.39 is 36.2 Å². The van der Waals surface area contributed by atoms with Gasteiger partial charge in [0.05, 0.1) is 18.3 Å². The molecule has 0 bridgehead atoms. The van der Waals surface area contributed by atoms with Crippen LogP contribution >= 0.6 is 0 Å². The molecule has 3 aliphatic rings. The third kappa shape index (κ3) is 3.22. The van der Waals surface area contributed by atoms with Crippen LogP contribution in [-0.4, -0.2) is 54.1 Å².